The van der Waals surface area contributed by atoms with Crippen LogP contribution in [0, 0.1) is 19.8 Å². The third kappa shape index (κ3) is 4.92. The summed E-state index contributed by atoms with van der Waals surface area (Å²) in [5.41, 5.74) is 6.60. The predicted octanol–water partition coefficient (Wildman–Crippen LogP) is 6.11. The lowest BCUT2D eigenvalue weighted by atomic mass is 10.0. The molecule has 4 aromatic rings. The van der Waals surface area contributed by atoms with Crippen LogP contribution in [0.15, 0.2) is 54.9 Å². The molecule has 7 heteroatoms. The number of fused-ring (bicyclic) bond motifs is 1. The number of hydrogen-bond acceptors (Lipinski definition) is 4. The molecular formula is C26H27N5O2. The van der Waals surface area contributed by atoms with Crippen LogP contribution < -0.4 is 10.6 Å². The van der Waals surface area contributed by atoms with Gasteiger partial charge in [0.25, 0.3) is 0 Å². The molecule has 0 radical (unpaired) electrons. The van der Waals surface area contributed by atoms with Gasteiger partial charge in [-0.15, -0.1) is 0 Å². The number of ketones is 1. The Kier molecular flexibility index (Phi) is 6.22. The van der Waals surface area contributed by atoms with Crippen molar-refractivity contribution in [1.82, 2.24) is 15.0 Å². The number of anilines is 2. The number of hydrogen-bond donors (Lipinski definition) is 3. The second-order valence-electron chi connectivity index (χ2n) is 8.58. The topological polar surface area (TPSA) is 99.8 Å². The Morgan fingerprint density at radius 1 is 0.970 bits per heavy atom. The number of carbonyl (C=O) groups is 2. The van der Waals surface area contributed by atoms with Crippen LogP contribution in [0.3, 0.4) is 0 Å². The molecule has 7 nitrogen and oxygen atoms in total. The van der Waals surface area contributed by atoms with E-state index in [1.807, 2.05) is 52.0 Å². The van der Waals surface area contributed by atoms with Gasteiger partial charge < -0.3 is 15.6 Å². The van der Waals surface area contributed by atoms with Crippen LogP contribution in [0.2, 0.25) is 0 Å². The Bertz CT molecular complexity index is 1320. The maximum atomic E-state index is 12.5. The minimum Gasteiger partial charge on any atom is -0.343 e. The number of carbonyl (C=O) groups excluding carboxylic acids is 2. The first-order valence-corrected chi connectivity index (χ1v) is 10.9. The first kappa shape index (κ1) is 22.2. The number of nitrogens with one attached hydrogen (secondary N) is 3. The van der Waals surface area contributed by atoms with E-state index < -0.39 is 0 Å². The summed E-state index contributed by atoms with van der Waals surface area (Å²) in [7, 11) is 0. The van der Waals surface area contributed by atoms with Crippen LogP contribution in [0.4, 0.5) is 16.2 Å². The number of aryl methyl sites for hydroxylation is 2. The first-order valence-electron chi connectivity index (χ1n) is 10.9. The van der Waals surface area contributed by atoms with Crippen LogP contribution in [0.1, 0.15) is 41.9 Å². The smallest absolute Gasteiger partial charge is 0.323 e. The van der Waals surface area contributed by atoms with Crippen molar-refractivity contribution < 1.29 is 9.59 Å². The predicted molar refractivity (Wildman–Crippen MR) is 132 cm³/mol. The number of nitrogens with zero attached hydrogens (tertiary/aromatic N) is 2. The summed E-state index contributed by atoms with van der Waals surface area (Å²) in [6.07, 6.45) is 2.02. The third-order valence-electron chi connectivity index (χ3n) is 5.54. The number of H-pyrrole nitrogens is 1. The van der Waals surface area contributed by atoms with Crippen molar-refractivity contribution in [3.05, 3.63) is 71.7 Å². The normalized spacial score (nSPS) is 11.1. The van der Waals surface area contributed by atoms with Crippen molar-refractivity contribution in [2.75, 3.05) is 10.6 Å². The van der Waals surface area contributed by atoms with Gasteiger partial charge in [0.15, 0.2) is 5.78 Å². The van der Waals surface area contributed by atoms with Crippen LogP contribution in [-0.4, -0.2) is 26.8 Å². The molecule has 0 unspecified atom stereocenters. The Balaban J connectivity index is 1.46. The highest BCUT2D eigenvalue weighted by Crippen LogP contribution is 2.30. The summed E-state index contributed by atoms with van der Waals surface area (Å²) >= 11 is 0. The van der Waals surface area contributed by atoms with E-state index >= 15 is 0 Å². The van der Waals surface area contributed by atoms with Crippen LogP contribution in [-0.2, 0) is 0 Å². The number of aromatic nitrogens is 3. The van der Waals surface area contributed by atoms with E-state index in [0.29, 0.717) is 23.4 Å². The molecule has 2 aromatic heterocycles. The third-order valence-corrected chi connectivity index (χ3v) is 5.54. The molecule has 0 spiro atoms. The van der Waals surface area contributed by atoms with E-state index in [9.17, 15) is 9.59 Å². The van der Waals surface area contributed by atoms with Gasteiger partial charge in [0.05, 0.1) is 5.69 Å². The highest BCUT2D eigenvalue weighted by molar-refractivity contribution is 6.02. The largest absolute Gasteiger partial charge is 0.343 e. The molecule has 0 aliphatic carbocycles. The van der Waals surface area contributed by atoms with E-state index in [4.69, 9.17) is 0 Å². The van der Waals surface area contributed by atoms with E-state index in [2.05, 4.69) is 25.6 Å². The zero-order chi connectivity index (χ0) is 23.5. The second-order valence-corrected chi connectivity index (χ2v) is 8.58. The lowest BCUT2D eigenvalue weighted by molar-refractivity contribution is 0.0968. The summed E-state index contributed by atoms with van der Waals surface area (Å²) < 4.78 is 0. The second kappa shape index (κ2) is 9.24. The van der Waals surface area contributed by atoms with Crippen molar-refractivity contribution in [3.8, 4) is 11.3 Å². The number of urea groups is 1. The van der Waals surface area contributed by atoms with Crippen LogP contribution in [0.5, 0.6) is 0 Å². The summed E-state index contributed by atoms with van der Waals surface area (Å²) in [5, 5.41) is 6.62. The Labute approximate surface area is 192 Å². The first-order chi connectivity index (χ1) is 15.8. The lowest BCUT2D eigenvalue weighted by Crippen LogP contribution is -2.19. The Morgan fingerprint density at radius 2 is 1.70 bits per heavy atom. The minimum absolute atomic E-state index is 0.0660. The van der Waals surface area contributed by atoms with Gasteiger partial charge in [-0.3, -0.25) is 4.79 Å². The fraction of sp³-hybridized carbons (Fsp3) is 0.231. The summed E-state index contributed by atoms with van der Waals surface area (Å²) in [6, 6.07) is 14.1. The number of rotatable bonds is 6. The van der Waals surface area contributed by atoms with Crippen LogP contribution in [0.25, 0.3) is 22.3 Å². The number of amides is 2. The monoisotopic (exact) mass is 441 g/mol. The van der Waals surface area contributed by atoms with Gasteiger partial charge in [0, 0.05) is 40.0 Å². The fourth-order valence-corrected chi connectivity index (χ4v) is 3.78. The molecule has 0 fully saturated rings. The van der Waals surface area contributed by atoms with Gasteiger partial charge in [0.2, 0.25) is 0 Å². The van der Waals surface area contributed by atoms with Crippen LogP contribution >= 0.6 is 0 Å². The van der Waals surface area contributed by atoms with Crippen molar-refractivity contribution in [1.29, 1.82) is 0 Å². The molecule has 0 saturated carbocycles. The molecule has 33 heavy (non-hydrogen) atoms. The molecule has 2 heterocycles. The molecule has 0 atom stereocenters. The molecule has 2 aromatic carbocycles. The van der Waals surface area contributed by atoms with E-state index in [0.717, 1.165) is 33.5 Å². The van der Waals surface area contributed by atoms with Gasteiger partial charge in [-0.2, -0.15) is 0 Å². The van der Waals surface area contributed by atoms with Gasteiger partial charge in [-0.1, -0.05) is 38.1 Å². The molecule has 3 N–H and O–H groups in total. The van der Waals surface area contributed by atoms with Gasteiger partial charge in [-0.05, 0) is 49.6 Å². The molecule has 0 bridgehead atoms. The number of benzene rings is 2. The van der Waals surface area contributed by atoms with Crippen molar-refractivity contribution in [3.63, 3.8) is 0 Å². The molecule has 0 saturated heterocycles. The molecule has 4 rings (SSSR count). The molecule has 168 valence electrons. The minimum atomic E-state index is -0.377. The SMILES string of the molecule is Cc1[nH]c2ncnc(-c3ccc(NC(=O)Nc4cccc(C(=O)CC(C)C)c4)cc3)c2c1C. The maximum absolute atomic E-state index is 12.5. The Hall–Kier alpha value is -4.00. The van der Waals surface area contributed by atoms with Gasteiger partial charge >= 0.3 is 6.03 Å². The molecule has 0 aliphatic rings. The van der Waals surface area contributed by atoms with E-state index in [1.54, 1.807) is 30.6 Å². The average Bonchev–Trinajstić information content (AvgIpc) is 3.07. The van der Waals surface area contributed by atoms with Gasteiger partial charge in [0.1, 0.15) is 12.0 Å². The standard InChI is InChI=1S/C26H27N5O2/c1-15(2)12-22(32)19-6-5-7-21(13-19)31-26(33)30-20-10-8-18(9-11-20)24-23-16(3)17(4)29-25(23)28-14-27-24/h5-11,13-15H,12H2,1-4H3,(H,27,28,29)(H2,30,31,33). The van der Waals surface area contributed by atoms with Crippen molar-refractivity contribution in [2.24, 2.45) is 5.92 Å². The molecule has 0 aliphatic heterocycles. The number of Topliss-reactive ketones (excluding diaryl/α,β-unsaturated/α-hetero) is 1. The summed E-state index contributed by atoms with van der Waals surface area (Å²) in [5.74, 6) is 0.348. The van der Waals surface area contributed by atoms with Crippen molar-refractivity contribution in [2.45, 2.75) is 34.1 Å². The highest BCUT2D eigenvalue weighted by Gasteiger charge is 2.13. The zero-order valence-electron chi connectivity index (χ0n) is 19.2. The Morgan fingerprint density at radius 3 is 2.42 bits per heavy atom. The zero-order valence-corrected chi connectivity index (χ0v) is 19.2. The summed E-state index contributed by atoms with van der Waals surface area (Å²) in [4.78, 5) is 36.9. The maximum Gasteiger partial charge on any atom is 0.323 e. The average molecular weight is 442 g/mol. The number of aromatic amines is 1. The fourth-order valence-electron chi connectivity index (χ4n) is 3.78. The van der Waals surface area contributed by atoms with E-state index in [1.165, 1.54) is 0 Å². The lowest BCUT2D eigenvalue weighted by Gasteiger charge is -2.10. The van der Waals surface area contributed by atoms with E-state index in [-0.39, 0.29) is 17.7 Å². The summed E-state index contributed by atoms with van der Waals surface area (Å²) in [6.45, 7) is 8.08. The quantitative estimate of drug-likeness (QED) is 0.314. The van der Waals surface area contributed by atoms with Gasteiger partial charge in [-0.25, -0.2) is 14.8 Å². The van der Waals surface area contributed by atoms with Crippen molar-refractivity contribution >= 4 is 34.2 Å². The molecular weight excluding hydrogens is 414 g/mol. The molecule has 2 amide bonds. The highest BCUT2D eigenvalue weighted by atomic mass is 16.2.